The van der Waals surface area contributed by atoms with Gasteiger partial charge in [-0.25, -0.2) is 0 Å². The van der Waals surface area contributed by atoms with Crippen molar-refractivity contribution in [3.05, 3.63) is 33.2 Å². The van der Waals surface area contributed by atoms with E-state index in [1.54, 1.807) is 0 Å². The van der Waals surface area contributed by atoms with Crippen molar-refractivity contribution < 1.29 is 0 Å². The Morgan fingerprint density at radius 2 is 2.29 bits per heavy atom. The van der Waals surface area contributed by atoms with Gasteiger partial charge in [0, 0.05) is 33.1 Å². The Hall–Kier alpha value is -0.570. The van der Waals surface area contributed by atoms with Gasteiger partial charge in [-0.1, -0.05) is 18.5 Å². The monoisotopic (exact) mass is 267 g/mol. The molecule has 17 heavy (non-hydrogen) atoms. The molecule has 3 heteroatoms. The third kappa shape index (κ3) is 1.79. The van der Waals surface area contributed by atoms with Crippen LogP contribution in [0.1, 0.15) is 22.9 Å². The van der Waals surface area contributed by atoms with Crippen molar-refractivity contribution in [3.8, 4) is 0 Å². The molecule has 0 atom stereocenters. The molecule has 2 aromatic rings. The largest absolute Gasteiger partial charge is 0.302 e. The standard InChI is InChI=1S/C14H16ClNS/c1-3-12-10-8-16(2)7-6-9-11(15)4-5-13(17-12)14(9)10/h4-5H,3,6-8H2,1-2H3/i12+2. The average molecular weight is 268 g/mol. The summed E-state index contributed by atoms with van der Waals surface area (Å²) in [5, 5.41) is 2.39. The van der Waals surface area contributed by atoms with Crippen molar-refractivity contribution in [2.45, 2.75) is 26.3 Å². The Morgan fingerprint density at radius 1 is 1.47 bits per heavy atom. The zero-order chi connectivity index (χ0) is 12.0. The second-order valence-electron chi connectivity index (χ2n) is 4.74. The Kier molecular flexibility index (Phi) is 2.89. The van der Waals surface area contributed by atoms with Crippen LogP contribution >= 0.6 is 22.9 Å². The summed E-state index contributed by atoms with van der Waals surface area (Å²) in [7, 11) is 2.20. The summed E-state index contributed by atoms with van der Waals surface area (Å²) >= 11 is 8.31. The molecule has 0 saturated carbocycles. The van der Waals surface area contributed by atoms with E-state index in [1.807, 2.05) is 11.3 Å². The van der Waals surface area contributed by atoms with Gasteiger partial charge in [-0.3, -0.25) is 0 Å². The number of thiophene rings is 1. The second-order valence-corrected chi connectivity index (χ2v) is 6.29. The first-order valence-electron chi connectivity index (χ1n) is 6.11. The van der Waals surface area contributed by atoms with Crippen molar-refractivity contribution in [3.63, 3.8) is 0 Å². The molecule has 1 aliphatic heterocycles. The molecule has 0 fully saturated rings. The summed E-state index contributed by atoms with van der Waals surface area (Å²) in [6, 6.07) is 4.24. The van der Waals surface area contributed by atoms with Crippen LogP contribution in [0.25, 0.3) is 10.1 Å². The lowest BCUT2D eigenvalue weighted by atomic mass is 10.1. The molecule has 0 aliphatic carbocycles. The summed E-state index contributed by atoms with van der Waals surface area (Å²) < 4.78 is 1.41. The molecule has 1 nitrogen and oxygen atoms in total. The number of hydrogen-bond acceptors (Lipinski definition) is 2. The van der Waals surface area contributed by atoms with E-state index < -0.39 is 0 Å². The summed E-state index contributed by atoms with van der Waals surface area (Å²) in [6.07, 6.45) is 2.19. The van der Waals surface area contributed by atoms with E-state index in [9.17, 15) is 0 Å². The van der Waals surface area contributed by atoms with Gasteiger partial charge in [0.25, 0.3) is 0 Å². The normalized spacial score (nSPS) is 16.4. The summed E-state index contributed by atoms with van der Waals surface area (Å²) in [4.78, 5) is 3.93. The molecule has 0 amide bonds. The topological polar surface area (TPSA) is 3.24 Å². The molecule has 0 N–H and O–H groups in total. The van der Waals surface area contributed by atoms with Crippen LogP contribution in [0.2, 0.25) is 5.02 Å². The van der Waals surface area contributed by atoms with Crippen LogP contribution in [0.4, 0.5) is 0 Å². The van der Waals surface area contributed by atoms with Crippen LogP contribution in [0, 0.1) is 0 Å². The number of halogens is 1. The molecule has 0 radical (unpaired) electrons. The van der Waals surface area contributed by atoms with Gasteiger partial charge in [0.1, 0.15) is 0 Å². The van der Waals surface area contributed by atoms with Crippen molar-refractivity contribution in [2.75, 3.05) is 13.6 Å². The van der Waals surface area contributed by atoms with Crippen LogP contribution in [-0.4, -0.2) is 18.5 Å². The highest BCUT2D eigenvalue weighted by Gasteiger charge is 2.20. The lowest BCUT2D eigenvalue weighted by Crippen LogP contribution is -2.18. The highest BCUT2D eigenvalue weighted by Crippen LogP contribution is 2.39. The molecule has 1 aliphatic rings. The summed E-state index contributed by atoms with van der Waals surface area (Å²) in [5.74, 6) is 0. The fourth-order valence-electron chi connectivity index (χ4n) is 2.70. The van der Waals surface area contributed by atoms with Gasteiger partial charge in [-0.2, -0.15) is 0 Å². The number of nitrogens with zero attached hydrogens (tertiary/aromatic N) is 1. The smallest absolute Gasteiger partial charge is 0.0445 e. The quantitative estimate of drug-likeness (QED) is 0.752. The highest BCUT2D eigenvalue weighted by atomic mass is 35.5. The molecule has 1 aromatic carbocycles. The number of aryl methyl sites for hydroxylation is 1. The minimum Gasteiger partial charge on any atom is -0.302 e. The minimum atomic E-state index is 0.939. The molecule has 0 spiro atoms. The maximum absolute atomic E-state index is 6.37. The summed E-state index contributed by atoms with van der Waals surface area (Å²) in [6.45, 7) is 4.41. The lowest BCUT2D eigenvalue weighted by Gasteiger charge is -2.13. The van der Waals surface area contributed by atoms with Crippen LogP contribution in [0.5, 0.6) is 0 Å². The summed E-state index contributed by atoms with van der Waals surface area (Å²) in [5.41, 5.74) is 2.88. The molecule has 1 aromatic heterocycles. The van der Waals surface area contributed by atoms with Crippen molar-refractivity contribution >= 4 is 33.0 Å². The Morgan fingerprint density at radius 3 is 3.06 bits per heavy atom. The average Bonchev–Trinajstić information content (AvgIpc) is 2.56. The van der Waals surface area contributed by atoms with Gasteiger partial charge in [0.2, 0.25) is 0 Å². The first-order chi connectivity index (χ1) is 8.20. The van der Waals surface area contributed by atoms with E-state index in [-0.39, 0.29) is 0 Å². The van der Waals surface area contributed by atoms with E-state index in [2.05, 4.69) is 31.0 Å². The van der Waals surface area contributed by atoms with Crippen LogP contribution in [0.15, 0.2) is 12.1 Å². The Balaban J connectivity index is 2.35. The number of likely N-dealkylation sites (N-methyl/N-ethyl adjacent to an activating group) is 1. The predicted molar refractivity (Wildman–Crippen MR) is 76.3 cm³/mol. The van der Waals surface area contributed by atoms with Gasteiger partial charge in [0.15, 0.2) is 0 Å². The van der Waals surface area contributed by atoms with Crippen molar-refractivity contribution in [2.24, 2.45) is 0 Å². The van der Waals surface area contributed by atoms with Crippen molar-refractivity contribution in [1.82, 2.24) is 4.90 Å². The number of hydrogen-bond donors (Lipinski definition) is 0. The maximum Gasteiger partial charge on any atom is 0.0445 e. The van der Waals surface area contributed by atoms with Gasteiger partial charge < -0.3 is 4.90 Å². The fraction of sp³-hybridized carbons (Fsp3) is 0.429. The zero-order valence-corrected chi connectivity index (χ0v) is 11.8. The van der Waals surface area contributed by atoms with Gasteiger partial charge in [-0.15, -0.1) is 11.3 Å². The molecule has 0 bridgehead atoms. The fourth-order valence-corrected chi connectivity index (χ4v) is 4.14. The molecule has 0 unspecified atom stereocenters. The first-order valence-corrected chi connectivity index (χ1v) is 7.30. The van der Waals surface area contributed by atoms with E-state index in [1.165, 1.54) is 26.1 Å². The zero-order valence-electron chi connectivity index (χ0n) is 10.2. The van der Waals surface area contributed by atoms with Gasteiger partial charge in [-0.05, 0) is 43.1 Å². The number of benzene rings is 1. The van der Waals surface area contributed by atoms with Crippen LogP contribution < -0.4 is 0 Å². The van der Waals surface area contributed by atoms with E-state index in [0.29, 0.717) is 0 Å². The van der Waals surface area contributed by atoms with Crippen molar-refractivity contribution in [1.29, 1.82) is 0 Å². The van der Waals surface area contributed by atoms with Crippen LogP contribution in [-0.2, 0) is 19.4 Å². The first kappa shape index (κ1) is 11.5. The minimum absolute atomic E-state index is 0.939. The predicted octanol–water partition coefficient (Wildman–Crippen LogP) is 4.11. The maximum atomic E-state index is 6.37. The van der Waals surface area contributed by atoms with Crippen LogP contribution in [0.3, 0.4) is 0 Å². The second kappa shape index (κ2) is 4.27. The van der Waals surface area contributed by atoms with Gasteiger partial charge in [0.05, 0.1) is 0 Å². The van der Waals surface area contributed by atoms with Gasteiger partial charge >= 0.3 is 0 Å². The SMILES string of the molecule is CC[14c]1sc2ccc(Cl)c3c2c1CN(C)CC3. The molecule has 90 valence electrons. The number of rotatable bonds is 1. The molecule has 2 heterocycles. The molecule has 0 saturated heterocycles. The molecular formula is C14H16ClNS. The lowest BCUT2D eigenvalue weighted by molar-refractivity contribution is 0.336. The molecule has 3 rings (SSSR count). The Bertz CT molecular complexity index is 573. The van der Waals surface area contributed by atoms with E-state index in [4.69, 9.17) is 11.6 Å². The molecular weight excluding hydrogens is 252 g/mol. The van der Waals surface area contributed by atoms with E-state index >= 15 is 0 Å². The highest BCUT2D eigenvalue weighted by molar-refractivity contribution is 7.19. The Labute approximate surface area is 111 Å². The third-order valence-electron chi connectivity index (χ3n) is 3.58. The third-order valence-corrected chi connectivity index (χ3v) is 5.28. The van der Waals surface area contributed by atoms with E-state index in [0.717, 1.165) is 31.0 Å².